The van der Waals surface area contributed by atoms with Gasteiger partial charge in [0.05, 0.1) is 19.8 Å². The van der Waals surface area contributed by atoms with Crippen LogP contribution in [0, 0.1) is 0 Å². The Morgan fingerprint density at radius 1 is 1.24 bits per heavy atom. The average Bonchev–Trinajstić information content (AvgIpc) is 2.70. The van der Waals surface area contributed by atoms with E-state index < -0.39 is 24.5 Å². The van der Waals surface area contributed by atoms with E-state index in [0.717, 1.165) is 18.4 Å². The standard InChI is InChI=1S/C20H26F3NO5/c1-14(29-18-5-3-4-12-28-18)13-24(19(26)20(21,22)23)16-9-6-15(7-10-16)8-11-17(25)27-2/h6-7,9-10,14,18H,3-5,8,11-13H2,1-2H3. The molecule has 1 aliphatic heterocycles. The van der Waals surface area contributed by atoms with Crippen LogP contribution < -0.4 is 4.90 Å². The summed E-state index contributed by atoms with van der Waals surface area (Å²) in [6.45, 7) is 1.90. The van der Waals surface area contributed by atoms with Gasteiger partial charge in [-0.1, -0.05) is 12.1 Å². The Labute approximate surface area is 167 Å². The fraction of sp³-hybridized carbons (Fsp3) is 0.600. The van der Waals surface area contributed by atoms with Crippen molar-refractivity contribution in [2.45, 2.75) is 57.6 Å². The van der Waals surface area contributed by atoms with Crippen LogP contribution in [-0.4, -0.2) is 50.7 Å². The smallest absolute Gasteiger partial charge is 0.469 e. The van der Waals surface area contributed by atoms with Crippen LogP contribution in [0.25, 0.3) is 0 Å². The molecule has 2 atom stereocenters. The first-order valence-corrected chi connectivity index (χ1v) is 9.52. The van der Waals surface area contributed by atoms with Gasteiger partial charge in [-0.05, 0) is 50.3 Å². The quantitative estimate of drug-likeness (QED) is 0.605. The summed E-state index contributed by atoms with van der Waals surface area (Å²) in [4.78, 5) is 23.9. The molecule has 1 amide bonds. The van der Waals surface area contributed by atoms with Crippen molar-refractivity contribution >= 4 is 17.6 Å². The second-order valence-electron chi connectivity index (χ2n) is 6.90. The number of carbonyl (C=O) groups excluding carboxylic acids is 2. The SMILES string of the molecule is COC(=O)CCc1ccc(N(CC(C)OC2CCCCO2)C(=O)C(F)(F)F)cc1. The highest BCUT2D eigenvalue weighted by Gasteiger charge is 2.43. The van der Waals surface area contributed by atoms with Crippen LogP contribution in [0.5, 0.6) is 0 Å². The van der Waals surface area contributed by atoms with Gasteiger partial charge in [-0.15, -0.1) is 0 Å². The summed E-state index contributed by atoms with van der Waals surface area (Å²) < 4.78 is 55.0. The Kier molecular flexibility index (Phi) is 8.45. The molecule has 0 spiro atoms. The molecule has 0 aromatic heterocycles. The number of amides is 1. The number of benzene rings is 1. The zero-order valence-electron chi connectivity index (χ0n) is 16.5. The highest BCUT2D eigenvalue weighted by atomic mass is 19.4. The van der Waals surface area contributed by atoms with Gasteiger partial charge in [0.2, 0.25) is 0 Å². The third-order valence-corrected chi connectivity index (χ3v) is 4.54. The lowest BCUT2D eigenvalue weighted by Crippen LogP contribution is -2.45. The van der Waals surface area contributed by atoms with Crippen molar-refractivity contribution in [3.8, 4) is 0 Å². The lowest BCUT2D eigenvalue weighted by Gasteiger charge is -2.30. The van der Waals surface area contributed by atoms with Crippen molar-refractivity contribution in [3.63, 3.8) is 0 Å². The van der Waals surface area contributed by atoms with Crippen molar-refractivity contribution < 1.29 is 37.0 Å². The summed E-state index contributed by atoms with van der Waals surface area (Å²) >= 11 is 0. The minimum atomic E-state index is -5.01. The third-order valence-electron chi connectivity index (χ3n) is 4.54. The second-order valence-corrected chi connectivity index (χ2v) is 6.90. The number of alkyl halides is 3. The maximum Gasteiger partial charge on any atom is 0.471 e. The number of ether oxygens (including phenoxy) is 3. The number of hydrogen-bond acceptors (Lipinski definition) is 5. The monoisotopic (exact) mass is 417 g/mol. The van der Waals surface area contributed by atoms with Crippen molar-refractivity contribution in [2.24, 2.45) is 0 Å². The Morgan fingerprint density at radius 2 is 1.93 bits per heavy atom. The molecule has 1 fully saturated rings. The van der Waals surface area contributed by atoms with Crippen LogP contribution in [0.3, 0.4) is 0 Å². The van der Waals surface area contributed by atoms with Crippen molar-refractivity contribution in [2.75, 3.05) is 25.2 Å². The topological polar surface area (TPSA) is 65.1 Å². The van der Waals surface area contributed by atoms with E-state index in [1.54, 1.807) is 19.1 Å². The number of methoxy groups -OCH3 is 1. The molecule has 0 radical (unpaired) electrons. The first-order chi connectivity index (χ1) is 13.7. The van der Waals surface area contributed by atoms with Gasteiger partial charge in [-0.2, -0.15) is 13.2 Å². The number of esters is 1. The van der Waals surface area contributed by atoms with E-state index in [1.165, 1.54) is 19.2 Å². The normalized spacial score (nSPS) is 18.2. The van der Waals surface area contributed by atoms with Crippen molar-refractivity contribution in [3.05, 3.63) is 29.8 Å². The number of aryl methyl sites for hydroxylation is 1. The van der Waals surface area contributed by atoms with Crippen LogP contribution in [-0.2, 0) is 30.2 Å². The lowest BCUT2D eigenvalue weighted by atomic mass is 10.1. The molecule has 162 valence electrons. The second kappa shape index (κ2) is 10.6. The Bertz CT molecular complexity index is 672. The summed E-state index contributed by atoms with van der Waals surface area (Å²) in [5.74, 6) is -2.33. The number of carbonyl (C=O) groups is 2. The van der Waals surface area contributed by atoms with E-state index in [2.05, 4.69) is 4.74 Å². The number of nitrogens with zero attached hydrogens (tertiary/aromatic N) is 1. The van der Waals surface area contributed by atoms with E-state index in [1.807, 2.05) is 0 Å². The van der Waals surface area contributed by atoms with Gasteiger partial charge in [-0.3, -0.25) is 9.59 Å². The zero-order chi connectivity index (χ0) is 21.4. The minimum absolute atomic E-state index is 0.106. The van der Waals surface area contributed by atoms with E-state index in [-0.39, 0.29) is 24.6 Å². The Hall–Kier alpha value is -2.13. The van der Waals surface area contributed by atoms with Gasteiger partial charge in [-0.25, -0.2) is 0 Å². The van der Waals surface area contributed by atoms with Gasteiger partial charge < -0.3 is 19.1 Å². The lowest BCUT2D eigenvalue weighted by molar-refractivity contribution is -0.185. The van der Waals surface area contributed by atoms with Crippen LogP contribution in [0.1, 0.15) is 38.2 Å². The van der Waals surface area contributed by atoms with Gasteiger partial charge in [0.1, 0.15) is 0 Å². The zero-order valence-corrected chi connectivity index (χ0v) is 16.5. The summed E-state index contributed by atoms with van der Waals surface area (Å²) in [6.07, 6.45) is -3.06. The van der Waals surface area contributed by atoms with Crippen LogP contribution in [0.2, 0.25) is 0 Å². The fourth-order valence-corrected chi connectivity index (χ4v) is 3.03. The predicted octanol–water partition coefficient (Wildman–Crippen LogP) is 3.62. The molecule has 0 saturated carbocycles. The molecule has 0 aliphatic carbocycles. The Morgan fingerprint density at radius 3 is 2.48 bits per heavy atom. The third kappa shape index (κ3) is 7.32. The molecule has 6 nitrogen and oxygen atoms in total. The van der Waals surface area contributed by atoms with Crippen molar-refractivity contribution in [1.82, 2.24) is 0 Å². The molecule has 29 heavy (non-hydrogen) atoms. The van der Waals surface area contributed by atoms with Gasteiger partial charge in [0.15, 0.2) is 6.29 Å². The van der Waals surface area contributed by atoms with E-state index in [4.69, 9.17) is 9.47 Å². The van der Waals surface area contributed by atoms with Gasteiger partial charge in [0, 0.05) is 18.7 Å². The molecular weight excluding hydrogens is 391 g/mol. The molecule has 1 saturated heterocycles. The highest BCUT2D eigenvalue weighted by Crippen LogP contribution is 2.26. The highest BCUT2D eigenvalue weighted by molar-refractivity contribution is 5.97. The first kappa shape index (κ1) is 23.2. The van der Waals surface area contributed by atoms with Crippen LogP contribution >= 0.6 is 0 Å². The molecule has 1 heterocycles. The first-order valence-electron chi connectivity index (χ1n) is 9.52. The maximum atomic E-state index is 13.1. The Balaban J connectivity index is 2.08. The minimum Gasteiger partial charge on any atom is -0.469 e. The molecule has 1 aliphatic rings. The maximum absolute atomic E-state index is 13.1. The van der Waals surface area contributed by atoms with E-state index >= 15 is 0 Å². The fourth-order valence-electron chi connectivity index (χ4n) is 3.03. The summed E-state index contributed by atoms with van der Waals surface area (Å²) in [5, 5.41) is 0. The van der Waals surface area contributed by atoms with Gasteiger partial charge in [0.25, 0.3) is 0 Å². The summed E-state index contributed by atoms with van der Waals surface area (Å²) in [7, 11) is 1.29. The molecule has 1 aromatic carbocycles. The van der Waals surface area contributed by atoms with E-state index in [0.29, 0.717) is 24.3 Å². The molecule has 9 heteroatoms. The van der Waals surface area contributed by atoms with Crippen LogP contribution in [0.15, 0.2) is 24.3 Å². The molecule has 0 bridgehead atoms. The molecular formula is C20H26F3NO5. The number of rotatable bonds is 8. The predicted molar refractivity (Wildman–Crippen MR) is 99.3 cm³/mol. The summed E-state index contributed by atoms with van der Waals surface area (Å²) in [5.41, 5.74) is 0.854. The largest absolute Gasteiger partial charge is 0.471 e. The molecule has 2 unspecified atom stereocenters. The molecule has 1 aromatic rings. The molecule has 0 N–H and O–H groups in total. The average molecular weight is 417 g/mol. The van der Waals surface area contributed by atoms with Gasteiger partial charge >= 0.3 is 18.1 Å². The number of halogens is 3. The summed E-state index contributed by atoms with van der Waals surface area (Å²) in [6, 6.07) is 6.04. The number of hydrogen-bond donors (Lipinski definition) is 0. The van der Waals surface area contributed by atoms with Crippen molar-refractivity contribution in [1.29, 1.82) is 0 Å². The van der Waals surface area contributed by atoms with Crippen LogP contribution in [0.4, 0.5) is 18.9 Å². The molecule has 2 rings (SSSR count). The van der Waals surface area contributed by atoms with E-state index in [9.17, 15) is 22.8 Å². The number of anilines is 1.